The van der Waals surface area contributed by atoms with Crippen LogP contribution >= 0.6 is 0 Å². The summed E-state index contributed by atoms with van der Waals surface area (Å²) in [4.78, 5) is 2.47. The molecule has 0 aromatic heterocycles. The number of benzene rings is 1. The van der Waals surface area contributed by atoms with E-state index >= 15 is 0 Å². The standard InChI is InChI=1S/C20H34N2O/c1-16(2)8-9-17(3)21-14-18-6-4-5-7-19(18)15-22-12-10-20(23)11-13-22/h4-7,16-17,20-21,23H,8-15H2,1-3H3. The minimum absolute atomic E-state index is 0.0926. The van der Waals surface area contributed by atoms with Gasteiger partial charge in [-0.15, -0.1) is 0 Å². The Morgan fingerprint density at radius 2 is 1.74 bits per heavy atom. The van der Waals surface area contributed by atoms with E-state index in [1.807, 2.05) is 0 Å². The van der Waals surface area contributed by atoms with Gasteiger partial charge in [-0.2, -0.15) is 0 Å². The molecule has 1 fully saturated rings. The van der Waals surface area contributed by atoms with Gasteiger partial charge in [0.15, 0.2) is 0 Å². The van der Waals surface area contributed by atoms with Crippen LogP contribution in [0.2, 0.25) is 0 Å². The van der Waals surface area contributed by atoms with E-state index in [1.165, 1.54) is 24.0 Å². The zero-order valence-electron chi connectivity index (χ0n) is 15.1. The molecule has 1 unspecified atom stereocenters. The van der Waals surface area contributed by atoms with Crippen molar-refractivity contribution < 1.29 is 5.11 Å². The molecule has 2 N–H and O–H groups in total. The predicted octanol–water partition coefficient (Wildman–Crippen LogP) is 3.56. The number of rotatable bonds is 8. The summed E-state index contributed by atoms with van der Waals surface area (Å²) < 4.78 is 0. The van der Waals surface area contributed by atoms with Crippen molar-refractivity contribution >= 4 is 0 Å². The molecule has 1 aliphatic rings. The van der Waals surface area contributed by atoms with Gasteiger partial charge in [0.1, 0.15) is 0 Å². The number of piperidine rings is 1. The molecule has 3 heteroatoms. The molecular formula is C20H34N2O. The van der Waals surface area contributed by atoms with E-state index in [9.17, 15) is 5.11 Å². The maximum Gasteiger partial charge on any atom is 0.0564 e. The molecule has 1 heterocycles. The summed E-state index contributed by atoms with van der Waals surface area (Å²) in [7, 11) is 0. The van der Waals surface area contributed by atoms with Gasteiger partial charge < -0.3 is 10.4 Å². The largest absolute Gasteiger partial charge is 0.393 e. The smallest absolute Gasteiger partial charge is 0.0564 e. The van der Waals surface area contributed by atoms with Gasteiger partial charge in [-0.05, 0) is 49.7 Å². The molecule has 0 spiro atoms. The Kier molecular flexibility index (Phi) is 7.54. The van der Waals surface area contributed by atoms with Gasteiger partial charge in [0.2, 0.25) is 0 Å². The summed E-state index contributed by atoms with van der Waals surface area (Å²) in [6.45, 7) is 10.8. The second kappa shape index (κ2) is 9.41. The van der Waals surface area contributed by atoms with Crippen LogP contribution < -0.4 is 5.32 Å². The average Bonchev–Trinajstić information content (AvgIpc) is 2.54. The minimum atomic E-state index is -0.0926. The zero-order valence-corrected chi connectivity index (χ0v) is 15.1. The second-order valence-corrected chi connectivity index (χ2v) is 7.53. The first-order chi connectivity index (χ1) is 11.0. The lowest BCUT2D eigenvalue weighted by atomic mass is 10.0. The van der Waals surface area contributed by atoms with Crippen LogP contribution in [0.1, 0.15) is 57.6 Å². The van der Waals surface area contributed by atoms with Gasteiger partial charge in [-0.3, -0.25) is 4.90 Å². The van der Waals surface area contributed by atoms with E-state index in [-0.39, 0.29) is 6.10 Å². The highest BCUT2D eigenvalue weighted by Crippen LogP contribution is 2.17. The van der Waals surface area contributed by atoms with Crippen molar-refractivity contribution in [3.63, 3.8) is 0 Å². The van der Waals surface area contributed by atoms with Crippen molar-refractivity contribution in [2.45, 2.75) is 71.7 Å². The summed E-state index contributed by atoms with van der Waals surface area (Å²) in [5.74, 6) is 0.779. The molecule has 1 saturated heterocycles. The van der Waals surface area contributed by atoms with Crippen LogP contribution in [0, 0.1) is 5.92 Å². The summed E-state index contributed by atoms with van der Waals surface area (Å²) >= 11 is 0. The quantitative estimate of drug-likeness (QED) is 0.769. The van der Waals surface area contributed by atoms with Crippen LogP contribution in [0.25, 0.3) is 0 Å². The SMILES string of the molecule is CC(C)CCC(C)NCc1ccccc1CN1CCC(O)CC1. The molecule has 1 atom stereocenters. The molecular weight excluding hydrogens is 284 g/mol. The number of nitrogens with zero attached hydrogens (tertiary/aromatic N) is 1. The lowest BCUT2D eigenvalue weighted by molar-refractivity contribution is 0.0791. The van der Waals surface area contributed by atoms with Crippen molar-refractivity contribution in [2.24, 2.45) is 5.92 Å². The Labute approximate surface area is 142 Å². The fourth-order valence-corrected chi connectivity index (χ4v) is 3.17. The van der Waals surface area contributed by atoms with Crippen molar-refractivity contribution in [3.8, 4) is 0 Å². The third-order valence-corrected chi connectivity index (χ3v) is 4.89. The van der Waals surface area contributed by atoms with E-state index in [0.29, 0.717) is 6.04 Å². The molecule has 130 valence electrons. The van der Waals surface area contributed by atoms with Gasteiger partial charge in [-0.25, -0.2) is 0 Å². The molecule has 0 radical (unpaired) electrons. The third-order valence-electron chi connectivity index (χ3n) is 4.89. The fraction of sp³-hybridized carbons (Fsp3) is 0.700. The maximum absolute atomic E-state index is 9.65. The van der Waals surface area contributed by atoms with E-state index in [1.54, 1.807) is 0 Å². The van der Waals surface area contributed by atoms with E-state index < -0.39 is 0 Å². The summed E-state index contributed by atoms with van der Waals surface area (Å²) in [5, 5.41) is 13.3. The van der Waals surface area contributed by atoms with E-state index in [4.69, 9.17) is 0 Å². The first-order valence-corrected chi connectivity index (χ1v) is 9.25. The molecule has 23 heavy (non-hydrogen) atoms. The molecule has 1 aromatic carbocycles. The van der Waals surface area contributed by atoms with Gasteiger partial charge in [0.05, 0.1) is 6.10 Å². The molecule has 2 rings (SSSR count). The van der Waals surface area contributed by atoms with Crippen LogP contribution in [-0.4, -0.2) is 35.2 Å². The molecule has 1 aliphatic heterocycles. The number of aliphatic hydroxyl groups is 1. The van der Waals surface area contributed by atoms with Crippen LogP contribution in [-0.2, 0) is 13.1 Å². The molecule has 0 aliphatic carbocycles. The van der Waals surface area contributed by atoms with Crippen LogP contribution in [0.4, 0.5) is 0 Å². The molecule has 1 aromatic rings. The van der Waals surface area contributed by atoms with Gasteiger partial charge in [0, 0.05) is 32.2 Å². The van der Waals surface area contributed by atoms with Gasteiger partial charge in [0.25, 0.3) is 0 Å². The topological polar surface area (TPSA) is 35.5 Å². The zero-order chi connectivity index (χ0) is 16.7. The lowest BCUT2D eigenvalue weighted by Gasteiger charge is -2.30. The van der Waals surface area contributed by atoms with Crippen molar-refractivity contribution in [1.29, 1.82) is 0 Å². The number of likely N-dealkylation sites (tertiary alicyclic amines) is 1. The van der Waals surface area contributed by atoms with Gasteiger partial charge >= 0.3 is 0 Å². The van der Waals surface area contributed by atoms with Crippen LogP contribution in [0.15, 0.2) is 24.3 Å². The van der Waals surface area contributed by atoms with Crippen LogP contribution in [0.5, 0.6) is 0 Å². The number of hydrogen-bond acceptors (Lipinski definition) is 3. The second-order valence-electron chi connectivity index (χ2n) is 7.53. The third kappa shape index (κ3) is 6.62. The summed E-state index contributed by atoms with van der Waals surface area (Å²) in [6.07, 6.45) is 4.25. The highest BCUT2D eigenvalue weighted by molar-refractivity contribution is 5.27. The Morgan fingerprint density at radius 3 is 2.39 bits per heavy atom. The lowest BCUT2D eigenvalue weighted by Crippen LogP contribution is -2.35. The van der Waals surface area contributed by atoms with Crippen LogP contribution in [0.3, 0.4) is 0 Å². The number of aliphatic hydroxyl groups excluding tert-OH is 1. The van der Waals surface area contributed by atoms with Gasteiger partial charge in [-0.1, -0.05) is 38.1 Å². The van der Waals surface area contributed by atoms with E-state index in [0.717, 1.165) is 44.9 Å². The first kappa shape index (κ1) is 18.4. The Morgan fingerprint density at radius 1 is 1.09 bits per heavy atom. The Hall–Kier alpha value is -0.900. The monoisotopic (exact) mass is 318 g/mol. The molecule has 0 bridgehead atoms. The normalized spacial score (nSPS) is 18.5. The fourth-order valence-electron chi connectivity index (χ4n) is 3.17. The summed E-state index contributed by atoms with van der Waals surface area (Å²) in [6, 6.07) is 9.34. The van der Waals surface area contributed by atoms with Crippen molar-refractivity contribution in [2.75, 3.05) is 13.1 Å². The molecule has 0 amide bonds. The Bertz CT molecular complexity index is 453. The highest BCUT2D eigenvalue weighted by atomic mass is 16.3. The van der Waals surface area contributed by atoms with Crippen molar-refractivity contribution in [1.82, 2.24) is 10.2 Å². The minimum Gasteiger partial charge on any atom is -0.393 e. The Balaban J connectivity index is 1.85. The highest BCUT2D eigenvalue weighted by Gasteiger charge is 2.17. The predicted molar refractivity (Wildman–Crippen MR) is 97.3 cm³/mol. The molecule has 3 nitrogen and oxygen atoms in total. The maximum atomic E-state index is 9.65. The van der Waals surface area contributed by atoms with E-state index in [2.05, 4.69) is 55.3 Å². The number of nitrogens with one attached hydrogen (secondary N) is 1. The average molecular weight is 319 g/mol. The molecule has 0 saturated carbocycles. The first-order valence-electron chi connectivity index (χ1n) is 9.25. The van der Waals surface area contributed by atoms with Crippen molar-refractivity contribution in [3.05, 3.63) is 35.4 Å². The summed E-state index contributed by atoms with van der Waals surface area (Å²) in [5.41, 5.74) is 2.84. The number of hydrogen-bond donors (Lipinski definition) is 2.